The van der Waals surface area contributed by atoms with Crippen LogP contribution in [0.5, 0.6) is 0 Å². The molecule has 7 nitrogen and oxygen atoms in total. The lowest BCUT2D eigenvalue weighted by molar-refractivity contribution is 0.0786. The van der Waals surface area contributed by atoms with E-state index in [2.05, 4.69) is 4.72 Å². The van der Waals surface area contributed by atoms with E-state index in [-0.39, 0.29) is 10.8 Å². The van der Waals surface area contributed by atoms with E-state index in [0.29, 0.717) is 18.6 Å². The van der Waals surface area contributed by atoms with Crippen molar-refractivity contribution < 1.29 is 26.1 Å². The normalized spacial score (nSPS) is 25.2. The van der Waals surface area contributed by atoms with Crippen LogP contribution in [-0.4, -0.2) is 52.8 Å². The van der Waals surface area contributed by atoms with E-state index in [1.165, 1.54) is 0 Å². The number of hydrogen-bond acceptors (Lipinski definition) is 6. The third-order valence-corrected chi connectivity index (χ3v) is 8.59. The topological polar surface area (TPSA) is 94.1 Å². The minimum Gasteiger partial charge on any atom is -0.391 e. The lowest BCUT2D eigenvalue weighted by atomic mass is 9.83. The molecule has 0 amide bonds. The van der Waals surface area contributed by atoms with Gasteiger partial charge in [-0.1, -0.05) is 18.2 Å². The Morgan fingerprint density at radius 2 is 1.69 bits per heavy atom. The van der Waals surface area contributed by atoms with Crippen molar-refractivity contribution in [1.29, 1.82) is 0 Å². The van der Waals surface area contributed by atoms with Crippen molar-refractivity contribution in [2.24, 2.45) is 5.92 Å². The molecule has 26 heavy (non-hydrogen) atoms. The van der Waals surface area contributed by atoms with Gasteiger partial charge in [0.1, 0.15) is 0 Å². The SMILES string of the molecule is COS(CCC1CCC(O)C(NS(=O)(=O)c2ccccc2)C1)(OC)OC. The van der Waals surface area contributed by atoms with Gasteiger partial charge in [0.05, 0.1) is 43.2 Å². The van der Waals surface area contributed by atoms with E-state index in [9.17, 15) is 13.5 Å². The lowest BCUT2D eigenvalue weighted by Crippen LogP contribution is -2.47. The molecule has 1 fully saturated rings. The molecule has 2 N–H and O–H groups in total. The van der Waals surface area contributed by atoms with Gasteiger partial charge in [-0.3, -0.25) is 12.5 Å². The van der Waals surface area contributed by atoms with E-state index in [0.717, 1.165) is 12.8 Å². The molecule has 1 aliphatic rings. The second-order valence-electron chi connectivity index (χ2n) is 6.34. The van der Waals surface area contributed by atoms with Gasteiger partial charge in [-0.15, -0.1) is 0 Å². The van der Waals surface area contributed by atoms with Crippen molar-refractivity contribution in [3.8, 4) is 0 Å². The number of benzene rings is 1. The Morgan fingerprint density at radius 1 is 1.08 bits per heavy atom. The highest BCUT2D eigenvalue weighted by Crippen LogP contribution is 2.50. The predicted octanol–water partition coefficient (Wildman–Crippen LogP) is 2.37. The summed E-state index contributed by atoms with van der Waals surface area (Å²) in [6.45, 7) is 0. The van der Waals surface area contributed by atoms with Crippen LogP contribution in [0.25, 0.3) is 0 Å². The highest BCUT2D eigenvalue weighted by atomic mass is 32.3. The van der Waals surface area contributed by atoms with Crippen LogP contribution in [0.4, 0.5) is 0 Å². The molecule has 0 saturated heterocycles. The molecule has 0 aromatic heterocycles. The fourth-order valence-electron chi connectivity index (χ4n) is 3.26. The standard InChI is InChI=1S/C17H29NO6S2/c1-22-25(23-2,24-3)12-11-14-9-10-17(19)16(13-14)18-26(20,21)15-7-5-4-6-8-15/h4-8,14,16-19H,9-13H2,1-3H3. The highest BCUT2D eigenvalue weighted by molar-refractivity contribution is 8.21. The Kier molecular flexibility index (Phi) is 7.90. The Balaban J connectivity index is 1.99. The van der Waals surface area contributed by atoms with Gasteiger partial charge < -0.3 is 5.11 Å². The van der Waals surface area contributed by atoms with Crippen molar-refractivity contribution in [1.82, 2.24) is 4.72 Å². The molecule has 2 rings (SSSR count). The average molecular weight is 408 g/mol. The maximum Gasteiger partial charge on any atom is 0.240 e. The second-order valence-corrected chi connectivity index (χ2v) is 10.6. The smallest absolute Gasteiger partial charge is 0.240 e. The van der Waals surface area contributed by atoms with Crippen molar-refractivity contribution in [3.63, 3.8) is 0 Å². The van der Waals surface area contributed by atoms with Gasteiger partial charge in [0.25, 0.3) is 0 Å². The van der Waals surface area contributed by atoms with Crippen LogP contribution in [0.15, 0.2) is 35.2 Å². The summed E-state index contributed by atoms with van der Waals surface area (Å²) in [6, 6.07) is 7.70. The molecule has 1 aliphatic carbocycles. The fourth-order valence-corrected chi connectivity index (χ4v) is 6.10. The summed E-state index contributed by atoms with van der Waals surface area (Å²) in [6.07, 6.45) is 2.05. The van der Waals surface area contributed by atoms with Gasteiger partial charge in [-0.25, -0.2) is 13.1 Å². The van der Waals surface area contributed by atoms with Crippen molar-refractivity contribution in [3.05, 3.63) is 30.3 Å². The Bertz CT molecular complexity index is 642. The van der Waals surface area contributed by atoms with Crippen molar-refractivity contribution in [2.45, 2.75) is 42.7 Å². The Hall–Kier alpha value is -0.680. The Morgan fingerprint density at radius 3 is 2.27 bits per heavy atom. The molecule has 3 atom stereocenters. The second kappa shape index (κ2) is 9.50. The maximum atomic E-state index is 12.5. The molecule has 0 heterocycles. The number of nitrogens with one attached hydrogen (secondary N) is 1. The predicted molar refractivity (Wildman–Crippen MR) is 102 cm³/mol. The van der Waals surface area contributed by atoms with E-state index in [1.54, 1.807) is 51.7 Å². The van der Waals surface area contributed by atoms with Gasteiger partial charge in [-0.2, -0.15) is 0 Å². The van der Waals surface area contributed by atoms with Crippen LogP contribution >= 0.6 is 10.9 Å². The van der Waals surface area contributed by atoms with Crippen LogP contribution in [0.1, 0.15) is 25.7 Å². The average Bonchev–Trinajstić information content (AvgIpc) is 2.66. The largest absolute Gasteiger partial charge is 0.391 e. The van der Waals surface area contributed by atoms with E-state index < -0.39 is 33.0 Å². The molecule has 0 radical (unpaired) electrons. The first-order valence-corrected chi connectivity index (χ1v) is 11.6. The van der Waals surface area contributed by atoms with Crippen LogP contribution in [0, 0.1) is 5.92 Å². The number of aliphatic hydroxyl groups excluding tert-OH is 1. The molecule has 9 heteroatoms. The highest BCUT2D eigenvalue weighted by Gasteiger charge is 2.34. The summed E-state index contributed by atoms with van der Waals surface area (Å²) in [4.78, 5) is 0.205. The first-order chi connectivity index (χ1) is 12.4. The van der Waals surface area contributed by atoms with E-state index >= 15 is 0 Å². The zero-order chi connectivity index (χ0) is 19.2. The molecule has 150 valence electrons. The van der Waals surface area contributed by atoms with Crippen LogP contribution in [0.2, 0.25) is 0 Å². The first kappa shape index (κ1) is 21.6. The molecule has 1 aromatic carbocycles. The van der Waals surface area contributed by atoms with Gasteiger partial charge in [0.2, 0.25) is 10.0 Å². The molecular formula is C17H29NO6S2. The summed E-state index contributed by atoms with van der Waals surface area (Å²) in [5.41, 5.74) is 0. The number of sulfonamides is 1. The molecule has 0 spiro atoms. The lowest BCUT2D eigenvalue weighted by Gasteiger charge is -2.37. The third-order valence-electron chi connectivity index (χ3n) is 4.82. The molecular weight excluding hydrogens is 378 g/mol. The summed E-state index contributed by atoms with van der Waals surface area (Å²) < 4.78 is 43.9. The maximum absolute atomic E-state index is 12.5. The minimum absolute atomic E-state index is 0.205. The Labute approximate surface area is 158 Å². The van der Waals surface area contributed by atoms with E-state index in [1.807, 2.05) is 0 Å². The monoisotopic (exact) mass is 407 g/mol. The van der Waals surface area contributed by atoms with Crippen LogP contribution < -0.4 is 4.72 Å². The number of rotatable bonds is 9. The minimum atomic E-state index is -3.65. The number of hydrogen-bond donors (Lipinski definition) is 2. The molecule has 1 aromatic rings. The van der Waals surface area contributed by atoms with Gasteiger partial charge in [-0.05, 0) is 43.7 Å². The molecule has 0 aliphatic heterocycles. The molecule has 1 saturated carbocycles. The zero-order valence-corrected chi connectivity index (χ0v) is 17.1. The summed E-state index contributed by atoms with van der Waals surface area (Å²) in [7, 11) is -0.994. The first-order valence-electron chi connectivity index (χ1n) is 8.59. The summed E-state index contributed by atoms with van der Waals surface area (Å²) in [5, 5.41) is 10.3. The van der Waals surface area contributed by atoms with Gasteiger partial charge >= 0.3 is 0 Å². The van der Waals surface area contributed by atoms with Crippen molar-refractivity contribution >= 4 is 20.9 Å². The summed E-state index contributed by atoms with van der Waals surface area (Å²) >= 11 is 0. The zero-order valence-electron chi connectivity index (χ0n) is 15.5. The quantitative estimate of drug-likeness (QED) is 0.653. The fraction of sp³-hybridized carbons (Fsp3) is 0.647. The van der Waals surface area contributed by atoms with Gasteiger partial charge in [0.15, 0.2) is 0 Å². The summed E-state index contributed by atoms with van der Waals surface area (Å²) in [5.74, 6) is 0.865. The molecule has 0 bridgehead atoms. The van der Waals surface area contributed by atoms with Gasteiger partial charge in [0, 0.05) is 11.8 Å². The van der Waals surface area contributed by atoms with Crippen LogP contribution in [-0.2, 0) is 22.6 Å². The van der Waals surface area contributed by atoms with Crippen molar-refractivity contribution in [2.75, 3.05) is 27.1 Å². The molecule has 3 unspecified atom stereocenters. The van der Waals surface area contributed by atoms with Crippen LogP contribution in [0.3, 0.4) is 0 Å². The third kappa shape index (κ3) is 5.41. The number of aliphatic hydroxyl groups is 1. The van der Waals surface area contributed by atoms with E-state index in [4.69, 9.17) is 12.5 Å².